The molecule has 0 atom stereocenters. The third-order valence-electron chi connectivity index (χ3n) is 5.40. The Hall–Kier alpha value is -3.13. The Bertz CT molecular complexity index is 1110. The predicted octanol–water partition coefficient (Wildman–Crippen LogP) is 4.00. The molecule has 158 valence electrons. The summed E-state index contributed by atoms with van der Waals surface area (Å²) in [7, 11) is 0. The number of hydrogen-bond donors (Lipinski definition) is 1. The summed E-state index contributed by atoms with van der Waals surface area (Å²) in [4.78, 5) is 30.9. The lowest BCUT2D eigenvalue weighted by Gasteiger charge is -2.16. The van der Waals surface area contributed by atoms with E-state index in [9.17, 15) is 9.59 Å². The van der Waals surface area contributed by atoms with Crippen LogP contribution in [-0.4, -0.2) is 38.9 Å². The molecule has 0 spiro atoms. The topological polar surface area (TPSA) is 80.1 Å². The van der Waals surface area contributed by atoms with Gasteiger partial charge in [0.05, 0.1) is 11.4 Å². The summed E-state index contributed by atoms with van der Waals surface area (Å²) >= 11 is 1.33. The first kappa shape index (κ1) is 19.8. The Morgan fingerprint density at radius 2 is 1.90 bits per heavy atom. The maximum atomic E-state index is 12.5. The van der Waals surface area contributed by atoms with Gasteiger partial charge >= 0.3 is 0 Å². The van der Waals surface area contributed by atoms with E-state index in [1.807, 2.05) is 59.3 Å². The largest absolute Gasteiger partial charge is 0.325 e. The van der Waals surface area contributed by atoms with Crippen LogP contribution in [0.25, 0.3) is 5.69 Å². The number of thioether (sulfide) groups is 1. The average molecular weight is 434 g/mol. The van der Waals surface area contributed by atoms with E-state index in [1.165, 1.54) is 11.8 Å². The minimum absolute atomic E-state index is 0.126. The Morgan fingerprint density at radius 1 is 1.10 bits per heavy atom. The molecule has 31 heavy (non-hydrogen) atoms. The van der Waals surface area contributed by atoms with E-state index in [2.05, 4.69) is 10.4 Å². The molecule has 7 nitrogen and oxygen atoms in total. The minimum atomic E-state index is -0.126. The molecule has 3 aromatic rings. The highest BCUT2D eigenvalue weighted by Crippen LogP contribution is 2.40. The molecule has 1 aromatic heterocycles. The molecule has 2 aromatic carbocycles. The highest BCUT2D eigenvalue weighted by Gasteiger charge is 2.30. The molecule has 5 rings (SSSR count). The molecule has 2 amide bonds. The molecule has 0 bridgehead atoms. The first-order valence-electron chi connectivity index (χ1n) is 10.5. The van der Waals surface area contributed by atoms with Crippen LogP contribution in [0.5, 0.6) is 0 Å². The fourth-order valence-electron chi connectivity index (χ4n) is 3.73. The first-order chi connectivity index (χ1) is 15.2. The zero-order valence-corrected chi connectivity index (χ0v) is 17.8. The van der Waals surface area contributed by atoms with Crippen molar-refractivity contribution < 1.29 is 9.59 Å². The van der Waals surface area contributed by atoms with Crippen molar-refractivity contribution in [2.75, 3.05) is 22.5 Å². The predicted molar refractivity (Wildman–Crippen MR) is 121 cm³/mol. The number of carbonyl (C=O) groups is 2. The van der Waals surface area contributed by atoms with Gasteiger partial charge in [-0.25, -0.2) is 9.67 Å². The van der Waals surface area contributed by atoms with E-state index in [4.69, 9.17) is 4.98 Å². The van der Waals surface area contributed by atoms with E-state index >= 15 is 0 Å². The van der Waals surface area contributed by atoms with Crippen LogP contribution < -0.4 is 10.2 Å². The van der Waals surface area contributed by atoms with Crippen molar-refractivity contribution in [3.05, 3.63) is 60.4 Å². The van der Waals surface area contributed by atoms with Gasteiger partial charge in [-0.2, -0.15) is 0 Å². The van der Waals surface area contributed by atoms with Crippen LogP contribution in [0.15, 0.2) is 59.8 Å². The van der Waals surface area contributed by atoms with E-state index in [-0.39, 0.29) is 17.6 Å². The van der Waals surface area contributed by atoms with Crippen molar-refractivity contribution in [3.8, 4) is 5.69 Å². The molecule has 1 aliphatic carbocycles. The van der Waals surface area contributed by atoms with Crippen LogP contribution in [0.4, 0.5) is 11.4 Å². The molecule has 1 saturated carbocycles. The zero-order valence-electron chi connectivity index (χ0n) is 17.0. The zero-order chi connectivity index (χ0) is 21.2. The lowest BCUT2D eigenvalue weighted by atomic mass is 10.2. The highest BCUT2D eigenvalue weighted by molar-refractivity contribution is 7.99. The van der Waals surface area contributed by atoms with Gasteiger partial charge in [0.2, 0.25) is 17.0 Å². The number of amides is 2. The number of hydrogen-bond acceptors (Lipinski definition) is 5. The van der Waals surface area contributed by atoms with Crippen LogP contribution in [0.3, 0.4) is 0 Å². The number of carbonyl (C=O) groups excluding carboxylic acids is 2. The number of nitrogens with zero attached hydrogens (tertiary/aromatic N) is 4. The normalized spacial score (nSPS) is 16.0. The Labute approximate surface area is 184 Å². The molecule has 2 heterocycles. The quantitative estimate of drug-likeness (QED) is 0.570. The van der Waals surface area contributed by atoms with Gasteiger partial charge in [-0.05, 0) is 49.6 Å². The van der Waals surface area contributed by atoms with Crippen LogP contribution in [-0.2, 0) is 9.59 Å². The van der Waals surface area contributed by atoms with Crippen molar-refractivity contribution in [2.24, 2.45) is 0 Å². The van der Waals surface area contributed by atoms with Crippen molar-refractivity contribution in [1.82, 2.24) is 14.8 Å². The number of benzene rings is 2. The second kappa shape index (κ2) is 8.55. The van der Waals surface area contributed by atoms with E-state index in [1.54, 1.807) is 4.90 Å². The van der Waals surface area contributed by atoms with Crippen molar-refractivity contribution in [1.29, 1.82) is 0 Å². The minimum Gasteiger partial charge on any atom is -0.325 e. The maximum absolute atomic E-state index is 12.5. The Kier molecular flexibility index (Phi) is 5.46. The molecule has 1 N–H and O–H groups in total. The second-order valence-corrected chi connectivity index (χ2v) is 8.75. The van der Waals surface area contributed by atoms with Gasteiger partial charge < -0.3 is 10.2 Å². The van der Waals surface area contributed by atoms with Gasteiger partial charge in [0.15, 0.2) is 0 Å². The molecule has 2 fully saturated rings. The molecule has 8 heteroatoms. The van der Waals surface area contributed by atoms with Crippen LogP contribution in [0.2, 0.25) is 0 Å². The molecule has 1 saturated heterocycles. The number of para-hydroxylation sites is 1. The van der Waals surface area contributed by atoms with Crippen molar-refractivity contribution in [3.63, 3.8) is 0 Å². The van der Waals surface area contributed by atoms with Crippen LogP contribution in [0, 0.1) is 0 Å². The van der Waals surface area contributed by atoms with E-state index < -0.39 is 0 Å². The first-order valence-corrected chi connectivity index (χ1v) is 11.5. The summed E-state index contributed by atoms with van der Waals surface area (Å²) in [5.74, 6) is 1.64. The molecular weight excluding hydrogens is 410 g/mol. The molecule has 0 unspecified atom stereocenters. The summed E-state index contributed by atoms with van der Waals surface area (Å²) in [6.45, 7) is 0.727. The van der Waals surface area contributed by atoms with Crippen LogP contribution >= 0.6 is 11.8 Å². The van der Waals surface area contributed by atoms with Gasteiger partial charge in [-0.3, -0.25) is 9.59 Å². The van der Waals surface area contributed by atoms with Gasteiger partial charge in [0.25, 0.3) is 0 Å². The molecule has 0 radical (unpaired) electrons. The monoisotopic (exact) mass is 433 g/mol. The summed E-state index contributed by atoms with van der Waals surface area (Å²) in [6, 6.07) is 17.4. The number of aromatic nitrogens is 3. The lowest BCUT2D eigenvalue weighted by Crippen LogP contribution is -2.23. The van der Waals surface area contributed by atoms with Gasteiger partial charge in [0, 0.05) is 30.3 Å². The fraction of sp³-hybridized carbons (Fsp3) is 0.304. The smallest absolute Gasteiger partial charge is 0.234 e. The van der Waals surface area contributed by atoms with Crippen molar-refractivity contribution >= 4 is 35.0 Å². The number of rotatable bonds is 7. The summed E-state index contributed by atoms with van der Waals surface area (Å²) < 4.78 is 1.90. The maximum Gasteiger partial charge on any atom is 0.234 e. The van der Waals surface area contributed by atoms with Gasteiger partial charge in [0.1, 0.15) is 5.82 Å². The third kappa shape index (κ3) is 4.49. The molecular formula is C23H23N5O2S. The Morgan fingerprint density at radius 3 is 2.65 bits per heavy atom. The summed E-state index contributed by atoms with van der Waals surface area (Å²) in [5.41, 5.74) is 2.50. The highest BCUT2D eigenvalue weighted by atomic mass is 32.2. The lowest BCUT2D eigenvalue weighted by molar-refractivity contribution is -0.117. The third-order valence-corrected chi connectivity index (χ3v) is 6.24. The number of nitrogens with one attached hydrogen (secondary N) is 1. The Balaban J connectivity index is 1.24. The van der Waals surface area contributed by atoms with Gasteiger partial charge in [-0.15, -0.1) is 5.10 Å². The van der Waals surface area contributed by atoms with E-state index in [0.29, 0.717) is 23.2 Å². The molecule has 1 aliphatic heterocycles. The van der Waals surface area contributed by atoms with Crippen molar-refractivity contribution in [2.45, 2.75) is 36.8 Å². The van der Waals surface area contributed by atoms with Crippen LogP contribution in [0.1, 0.15) is 37.4 Å². The average Bonchev–Trinajstić information content (AvgIpc) is 3.40. The standard InChI is InChI=1S/C23H23N5O2S/c29-20(24-17-6-4-9-19(14-17)27-13-5-10-21(27)30)15-31-23-25-22(16-11-12-16)28(26-23)18-7-2-1-3-8-18/h1-4,6-9,14,16H,5,10-13,15H2,(H,24,29). The SMILES string of the molecule is O=C(CSc1nc(C2CC2)n(-c2ccccc2)n1)Nc1cccc(N2CCCC2=O)c1. The van der Waals surface area contributed by atoms with Gasteiger partial charge in [-0.1, -0.05) is 36.0 Å². The van der Waals surface area contributed by atoms with E-state index in [0.717, 1.165) is 43.0 Å². The second-order valence-electron chi connectivity index (χ2n) is 7.81. The molecule has 2 aliphatic rings. The summed E-state index contributed by atoms with van der Waals surface area (Å²) in [5, 5.41) is 8.17. The summed E-state index contributed by atoms with van der Waals surface area (Å²) in [6.07, 6.45) is 3.72. The number of anilines is 2. The fourth-order valence-corrected chi connectivity index (χ4v) is 4.36.